The van der Waals surface area contributed by atoms with Gasteiger partial charge in [-0.05, 0) is 42.0 Å². The minimum atomic E-state index is -0.153. The molecule has 0 aliphatic carbocycles. The molecule has 22 heavy (non-hydrogen) atoms. The Morgan fingerprint density at radius 3 is 2.82 bits per heavy atom. The van der Waals surface area contributed by atoms with E-state index in [0.29, 0.717) is 29.2 Å². The van der Waals surface area contributed by atoms with Gasteiger partial charge in [0, 0.05) is 12.6 Å². The molecule has 114 valence electrons. The smallest absolute Gasteiger partial charge is 0.239 e. The van der Waals surface area contributed by atoms with Gasteiger partial charge < -0.3 is 9.84 Å². The zero-order chi connectivity index (χ0) is 15.5. The van der Waals surface area contributed by atoms with E-state index in [4.69, 9.17) is 4.52 Å². The number of carbonyl (C=O) groups is 1. The number of carbonyl (C=O) groups excluding carboxylic acids is 1. The zero-order valence-electron chi connectivity index (χ0n) is 12.2. The van der Waals surface area contributed by atoms with Crippen LogP contribution >= 0.6 is 0 Å². The molecule has 2 aromatic heterocycles. The lowest BCUT2D eigenvalue weighted by atomic mass is 10.2. The normalized spacial score (nSPS) is 11.2. The lowest BCUT2D eigenvalue weighted by Crippen LogP contribution is -2.29. The SMILES string of the molecule is Cc1cc(NC(=O)CN(C)Cc2ccc3nonc3c2)no1. The molecule has 1 N–H and O–H groups in total. The highest BCUT2D eigenvalue weighted by atomic mass is 16.6. The van der Waals surface area contributed by atoms with Crippen molar-refractivity contribution in [3.05, 3.63) is 35.6 Å². The number of benzene rings is 1. The van der Waals surface area contributed by atoms with Crippen LogP contribution in [0.25, 0.3) is 11.0 Å². The number of hydrogen-bond donors (Lipinski definition) is 1. The molecule has 8 nitrogen and oxygen atoms in total. The number of nitrogens with one attached hydrogen (secondary N) is 1. The fourth-order valence-corrected chi connectivity index (χ4v) is 2.15. The van der Waals surface area contributed by atoms with Gasteiger partial charge in [-0.3, -0.25) is 9.69 Å². The second-order valence-electron chi connectivity index (χ2n) is 5.13. The highest BCUT2D eigenvalue weighted by molar-refractivity contribution is 5.91. The summed E-state index contributed by atoms with van der Waals surface area (Å²) in [4.78, 5) is 13.8. The van der Waals surface area contributed by atoms with Gasteiger partial charge in [0.2, 0.25) is 5.91 Å². The van der Waals surface area contributed by atoms with Crippen LogP contribution in [0.4, 0.5) is 5.82 Å². The lowest BCUT2D eigenvalue weighted by molar-refractivity contribution is -0.117. The Morgan fingerprint density at radius 2 is 2.05 bits per heavy atom. The van der Waals surface area contributed by atoms with Crippen LogP contribution in [0.3, 0.4) is 0 Å². The summed E-state index contributed by atoms with van der Waals surface area (Å²) in [5, 5.41) is 14.0. The van der Waals surface area contributed by atoms with Crippen molar-refractivity contribution in [2.24, 2.45) is 0 Å². The van der Waals surface area contributed by atoms with Gasteiger partial charge in [-0.15, -0.1) is 0 Å². The third-order valence-electron chi connectivity index (χ3n) is 3.08. The zero-order valence-corrected chi connectivity index (χ0v) is 12.2. The van der Waals surface area contributed by atoms with Crippen LogP contribution in [-0.4, -0.2) is 39.9 Å². The Bertz CT molecular complexity index is 794. The summed E-state index contributed by atoms with van der Waals surface area (Å²) in [6.45, 7) is 2.61. The predicted octanol–water partition coefficient (Wildman–Crippen LogP) is 1.59. The van der Waals surface area contributed by atoms with E-state index in [-0.39, 0.29) is 12.5 Å². The Balaban J connectivity index is 1.57. The molecule has 3 aromatic rings. The maximum atomic E-state index is 11.9. The van der Waals surface area contributed by atoms with Gasteiger partial charge in [0.15, 0.2) is 5.82 Å². The fourth-order valence-electron chi connectivity index (χ4n) is 2.15. The monoisotopic (exact) mass is 301 g/mol. The van der Waals surface area contributed by atoms with Crippen LogP contribution in [0.1, 0.15) is 11.3 Å². The number of likely N-dealkylation sites (N-methyl/N-ethyl adjacent to an activating group) is 1. The maximum absolute atomic E-state index is 11.9. The molecule has 0 aliphatic heterocycles. The van der Waals surface area contributed by atoms with Crippen LogP contribution in [0.2, 0.25) is 0 Å². The van der Waals surface area contributed by atoms with E-state index in [1.807, 2.05) is 30.1 Å². The van der Waals surface area contributed by atoms with Crippen molar-refractivity contribution in [2.45, 2.75) is 13.5 Å². The van der Waals surface area contributed by atoms with E-state index in [2.05, 4.69) is 25.4 Å². The first kappa shape index (κ1) is 14.2. The van der Waals surface area contributed by atoms with E-state index >= 15 is 0 Å². The Hall–Kier alpha value is -2.74. The first-order valence-corrected chi connectivity index (χ1v) is 6.73. The predicted molar refractivity (Wildman–Crippen MR) is 78.0 cm³/mol. The van der Waals surface area contributed by atoms with Crippen molar-refractivity contribution in [2.75, 3.05) is 18.9 Å². The number of nitrogens with zero attached hydrogens (tertiary/aromatic N) is 4. The molecule has 1 aromatic carbocycles. The third-order valence-corrected chi connectivity index (χ3v) is 3.08. The number of rotatable bonds is 5. The average Bonchev–Trinajstić information content (AvgIpc) is 3.06. The quantitative estimate of drug-likeness (QED) is 0.764. The van der Waals surface area contributed by atoms with Crippen LogP contribution < -0.4 is 5.32 Å². The Labute approximate surface area is 126 Å². The molecule has 0 radical (unpaired) electrons. The molecule has 0 spiro atoms. The molecule has 0 atom stereocenters. The molecular formula is C14H15N5O3. The highest BCUT2D eigenvalue weighted by Crippen LogP contribution is 2.13. The molecule has 1 amide bonds. The summed E-state index contributed by atoms with van der Waals surface area (Å²) in [5.41, 5.74) is 2.44. The summed E-state index contributed by atoms with van der Waals surface area (Å²) >= 11 is 0. The van der Waals surface area contributed by atoms with Crippen molar-refractivity contribution >= 4 is 22.8 Å². The van der Waals surface area contributed by atoms with Crippen LogP contribution in [-0.2, 0) is 11.3 Å². The number of anilines is 1. The van der Waals surface area contributed by atoms with Gasteiger partial charge in [0.05, 0.1) is 6.54 Å². The largest absolute Gasteiger partial charge is 0.360 e. The highest BCUT2D eigenvalue weighted by Gasteiger charge is 2.10. The molecule has 0 bridgehead atoms. The molecule has 0 saturated carbocycles. The molecule has 0 unspecified atom stereocenters. The summed E-state index contributed by atoms with van der Waals surface area (Å²) < 4.78 is 9.56. The van der Waals surface area contributed by atoms with Gasteiger partial charge >= 0.3 is 0 Å². The summed E-state index contributed by atoms with van der Waals surface area (Å²) in [6, 6.07) is 7.33. The molecule has 2 heterocycles. The van der Waals surface area contributed by atoms with Crippen LogP contribution in [0.15, 0.2) is 33.4 Å². The second kappa shape index (κ2) is 5.94. The number of fused-ring (bicyclic) bond motifs is 1. The van der Waals surface area contributed by atoms with Gasteiger partial charge in [0.1, 0.15) is 16.8 Å². The second-order valence-corrected chi connectivity index (χ2v) is 5.13. The molecule has 3 rings (SSSR count). The van der Waals surface area contributed by atoms with Crippen molar-refractivity contribution in [3.63, 3.8) is 0 Å². The summed E-state index contributed by atoms with van der Waals surface area (Å²) in [6.07, 6.45) is 0. The molecule has 0 saturated heterocycles. The van der Waals surface area contributed by atoms with E-state index in [1.54, 1.807) is 13.0 Å². The first-order valence-electron chi connectivity index (χ1n) is 6.73. The van der Waals surface area contributed by atoms with Gasteiger partial charge in [-0.2, -0.15) is 0 Å². The summed E-state index contributed by atoms with van der Waals surface area (Å²) in [5.74, 6) is 0.921. The van der Waals surface area contributed by atoms with Crippen LogP contribution in [0, 0.1) is 6.92 Å². The fraction of sp³-hybridized carbons (Fsp3) is 0.286. The first-order chi connectivity index (χ1) is 10.6. The lowest BCUT2D eigenvalue weighted by Gasteiger charge is -2.15. The number of hydrogen-bond acceptors (Lipinski definition) is 7. The van der Waals surface area contributed by atoms with Crippen molar-refractivity contribution < 1.29 is 13.9 Å². The number of amides is 1. The van der Waals surface area contributed by atoms with E-state index < -0.39 is 0 Å². The molecular weight excluding hydrogens is 286 g/mol. The Kier molecular flexibility index (Phi) is 3.84. The van der Waals surface area contributed by atoms with E-state index in [1.165, 1.54) is 0 Å². The van der Waals surface area contributed by atoms with Crippen molar-refractivity contribution in [3.8, 4) is 0 Å². The minimum absolute atomic E-state index is 0.153. The molecule has 0 aliphatic rings. The summed E-state index contributed by atoms with van der Waals surface area (Å²) in [7, 11) is 1.86. The van der Waals surface area contributed by atoms with E-state index in [9.17, 15) is 4.79 Å². The average molecular weight is 301 g/mol. The number of aryl methyl sites for hydroxylation is 1. The van der Waals surface area contributed by atoms with Gasteiger partial charge in [0.25, 0.3) is 0 Å². The Morgan fingerprint density at radius 1 is 1.23 bits per heavy atom. The van der Waals surface area contributed by atoms with Gasteiger partial charge in [-0.1, -0.05) is 11.2 Å². The van der Waals surface area contributed by atoms with Crippen molar-refractivity contribution in [1.82, 2.24) is 20.4 Å². The third kappa shape index (κ3) is 3.29. The minimum Gasteiger partial charge on any atom is -0.360 e. The van der Waals surface area contributed by atoms with E-state index in [0.717, 1.165) is 5.56 Å². The standard InChI is InChI=1S/C14H15N5O3/c1-9-5-13(18-21-9)15-14(20)8-19(2)7-10-3-4-11-12(6-10)17-22-16-11/h3-6H,7-8H2,1-2H3,(H,15,18,20). The van der Waals surface area contributed by atoms with Crippen molar-refractivity contribution in [1.29, 1.82) is 0 Å². The van der Waals surface area contributed by atoms with Crippen LogP contribution in [0.5, 0.6) is 0 Å². The molecule has 8 heteroatoms. The molecule has 0 fully saturated rings. The maximum Gasteiger partial charge on any atom is 0.239 e. The van der Waals surface area contributed by atoms with Gasteiger partial charge in [-0.25, -0.2) is 4.63 Å². The number of aromatic nitrogens is 3. The topological polar surface area (TPSA) is 97.3 Å².